The second-order valence-corrected chi connectivity index (χ2v) is 8.05. The van der Waals surface area contributed by atoms with Gasteiger partial charge in [0.1, 0.15) is 5.82 Å². The number of nitrogens with zero attached hydrogens (tertiary/aromatic N) is 2. The van der Waals surface area contributed by atoms with Gasteiger partial charge in [0.2, 0.25) is 5.91 Å². The van der Waals surface area contributed by atoms with Crippen LogP contribution < -0.4 is 10.9 Å². The van der Waals surface area contributed by atoms with Gasteiger partial charge in [0, 0.05) is 17.1 Å². The molecule has 0 aliphatic rings. The molecule has 2 aromatic carbocycles. The van der Waals surface area contributed by atoms with Gasteiger partial charge >= 0.3 is 0 Å². The molecular weight excluding hydrogens is 463 g/mol. The molecule has 3 rings (SSSR count). The zero-order valence-electron chi connectivity index (χ0n) is 16.5. The molecule has 0 atom stereocenters. The summed E-state index contributed by atoms with van der Waals surface area (Å²) in [5.41, 5.74) is 0.429. The Bertz CT molecular complexity index is 1200. The fourth-order valence-electron chi connectivity index (χ4n) is 2.99. The predicted molar refractivity (Wildman–Crippen MR) is 122 cm³/mol. The van der Waals surface area contributed by atoms with Gasteiger partial charge in [-0.15, -0.1) is 0 Å². The second-order valence-electron chi connectivity index (χ2n) is 6.80. The van der Waals surface area contributed by atoms with Crippen LogP contribution in [0.3, 0.4) is 0 Å². The highest BCUT2D eigenvalue weighted by atomic mass is 35.5. The van der Waals surface area contributed by atoms with E-state index in [1.165, 1.54) is 23.1 Å². The molecule has 0 aliphatic carbocycles. The van der Waals surface area contributed by atoms with Crippen LogP contribution in [0.1, 0.15) is 29.5 Å². The van der Waals surface area contributed by atoms with E-state index >= 15 is 0 Å². The van der Waals surface area contributed by atoms with Crippen LogP contribution >= 0.6 is 34.8 Å². The molecular formula is C21H19Cl3N4O3. The van der Waals surface area contributed by atoms with Crippen molar-refractivity contribution in [2.45, 2.75) is 19.9 Å². The van der Waals surface area contributed by atoms with Gasteiger partial charge in [-0.05, 0) is 42.8 Å². The van der Waals surface area contributed by atoms with Crippen LogP contribution in [-0.2, 0) is 11.3 Å². The molecule has 10 heteroatoms. The standard InChI is InChI=1S/C21H19Cl3N4O3/c1-2-7-28(11-18-26-17-9-13(22)4-5-14(17)21(31)27-18)19(29)10-25-20(30)12-3-6-15(23)16(24)8-12/h3-6,8-9H,2,7,10-11H2,1H3,(H,25,30)(H,26,27,31). The van der Waals surface area contributed by atoms with Gasteiger partial charge in [0.05, 0.1) is 34.0 Å². The molecule has 0 radical (unpaired) electrons. The number of hydrogen-bond acceptors (Lipinski definition) is 4. The topological polar surface area (TPSA) is 95.2 Å². The maximum Gasteiger partial charge on any atom is 0.258 e. The molecule has 0 aliphatic heterocycles. The Balaban J connectivity index is 1.72. The summed E-state index contributed by atoms with van der Waals surface area (Å²) in [5.74, 6) is -0.434. The van der Waals surface area contributed by atoms with Crippen molar-refractivity contribution in [1.82, 2.24) is 20.2 Å². The normalized spacial score (nSPS) is 10.8. The molecule has 1 heterocycles. The number of amides is 2. The van der Waals surface area contributed by atoms with Crippen molar-refractivity contribution in [3.63, 3.8) is 0 Å². The number of carbonyl (C=O) groups is 2. The van der Waals surface area contributed by atoms with Crippen molar-refractivity contribution >= 4 is 57.5 Å². The number of hydrogen-bond donors (Lipinski definition) is 2. The summed E-state index contributed by atoms with van der Waals surface area (Å²) in [6.07, 6.45) is 0.691. The van der Waals surface area contributed by atoms with Gasteiger partial charge in [-0.2, -0.15) is 0 Å². The van der Waals surface area contributed by atoms with Crippen LogP contribution in [0.4, 0.5) is 0 Å². The highest BCUT2D eigenvalue weighted by Gasteiger charge is 2.17. The summed E-state index contributed by atoms with van der Waals surface area (Å²) in [7, 11) is 0. The molecule has 3 aromatic rings. The molecule has 162 valence electrons. The van der Waals surface area contributed by atoms with E-state index < -0.39 is 5.91 Å². The van der Waals surface area contributed by atoms with Gasteiger partial charge in [-0.1, -0.05) is 41.7 Å². The zero-order valence-corrected chi connectivity index (χ0v) is 18.8. The molecule has 0 unspecified atom stereocenters. The molecule has 7 nitrogen and oxygen atoms in total. The summed E-state index contributed by atoms with van der Waals surface area (Å²) in [6, 6.07) is 9.27. The highest BCUT2D eigenvalue weighted by Crippen LogP contribution is 2.22. The molecule has 0 saturated heterocycles. The number of nitrogens with one attached hydrogen (secondary N) is 2. The van der Waals surface area contributed by atoms with Crippen LogP contribution in [0.25, 0.3) is 10.9 Å². The first kappa shape index (κ1) is 23.1. The van der Waals surface area contributed by atoms with Gasteiger partial charge in [0.25, 0.3) is 11.5 Å². The molecule has 0 saturated carbocycles. The van der Waals surface area contributed by atoms with E-state index in [0.717, 1.165) is 0 Å². The fourth-order valence-corrected chi connectivity index (χ4v) is 3.45. The summed E-state index contributed by atoms with van der Waals surface area (Å²) in [6.45, 7) is 2.22. The van der Waals surface area contributed by atoms with Crippen molar-refractivity contribution < 1.29 is 9.59 Å². The monoisotopic (exact) mass is 480 g/mol. The quantitative estimate of drug-likeness (QED) is 0.532. The van der Waals surface area contributed by atoms with E-state index in [9.17, 15) is 14.4 Å². The lowest BCUT2D eigenvalue weighted by Gasteiger charge is -2.22. The fraction of sp³-hybridized carbons (Fsp3) is 0.238. The number of aromatic amines is 1. The lowest BCUT2D eigenvalue weighted by Crippen LogP contribution is -2.40. The number of fused-ring (bicyclic) bond motifs is 1. The van der Waals surface area contributed by atoms with Gasteiger partial charge in [0.15, 0.2) is 0 Å². The van der Waals surface area contributed by atoms with Crippen molar-refractivity contribution in [2.24, 2.45) is 0 Å². The summed E-state index contributed by atoms with van der Waals surface area (Å²) in [5, 5.41) is 4.03. The van der Waals surface area contributed by atoms with Gasteiger partial charge in [-0.25, -0.2) is 4.98 Å². The van der Waals surface area contributed by atoms with Crippen LogP contribution in [0.15, 0.2) is 41.2 Å². The van der Waals surface area contributed by atoms with E-state index in [0.29, 0.717) is 45.3 Å². The van der Waals surface area contributed by atoms with Crippen LogP contribution in [0.5, 0.6) is 0 Å². The first-order valence-corrected chi connectivity index (χ1v) is 10.6. The number of H-pyrrole nitrogens is 1. The van der Waals surface area contributed by atoms with E-state index in [1.54, 1.807) is 18.2 Å². The van der Waals surface area contributed by atoms with Gasteiger partial charge in [-0.3, -0.25) is 14.4 Å². The number of aromatic nitrogens is 2. The average molecular weight is 482 g/mol. The smallest absolute Gasteiger partial charge is 0.258 e. The Labute approximate surface area is 193 Å². The SMILES string of the molecule is CCCN(Cc1nc2cc(Cl)ccc2c(=O)[nH]1)C(=O)CNC(=O)c1ccc(Cl)c(Cl)c1. The van der Waals surface area contributed by atoms with E-state index in [4.69, 9.17) is 34.8 Å². The predicted octanol–water partition coefficient (Wildman–Crippen LogP) is 4.05. The van der Waals surface area contributed by atoms with Crippen molar-refractivity contribution in [3.8, 4) is 0 Å². The Kier molecular flexibility index (Phi) is 7.54. The first-order chi connectivity index (χ1) is 14.8. The van der Waals surface area contributed by atoms with E-state index in [-0.39, 0.29) is 29.6 Å². The Morgan fingerprint density at radius 3 is 2.58 bits per heavy atom. The third kappa shape index (κ3) is 5.76. The zero-order chi connectivity index (χ0) is 22.5. The Morgan fingerprint density at radius 2 is 1.87 bits per heavy atom. The second kappa shape index (κ2) is 10.1. The van der Waals surface area contributed by atoms with E-state index in [2.05, 4.69) is 15.3 Å². The minimum atomic E-state index is -0.449. The Morgan fingerprint density at radius 1 is 1.10 bits per heavy atom. The van der Waals surface area contributed by atoms with Crippen molar-refractivity contribution in [3.05, 3.63) is 73.2 Å². The number of carbonyl (C=O) groups excluding carboxylic acids is 2. The summed E-state index contributed by atoms with van der Waals surface area (Å²) >= 11 is 17.8. The lowest BCUT2D eigenvalue weighted by molar-refractivity contribution is -0.130. The number of halogens is 3. The largest absolute Gasteiger partial charge is 0.343 e. The summed E-state index contributed by atoms with van der Waals surface area (Å²) in [4.78, 5) is 46.0. The highest BCUT2D eigenvalue weighted by molar-refractivity contribution is 6.42. The Hall–Kier alpha value is -2.61. The first-order valence-electron chi connectivity index (χ1n) is 9.48. The third-order valence-electron chi connectivity index (χ3n) is 4.49. The molecule has 1 aromatic heterocycles. The van der Waals surface area contributed by atoms with Crippen LogP contribution in [-0.4, -0.2) is 39.8 Å². The molecule has 2 amide bonds. The lowest BCUT2D eigenvalue weighted by atomic mass is 10.2. The molecule has 2 N–H and O–H groups in total. The summed E-state index contributed by atoms with van der Waals surface area (Å²) < 4.78 is 0. The molecule has 0 bridgehead atoms. The van der Waals surface area contributed by atoms with Crippen LogP contribution in [0, 0.1) is 0 Å². The minimum absolute atomic E-state index is 0.0903. The third-order valence-corrected chi connectivity index (χ3v) is 5.46. The number of benzene rings is 2. The average Bonchev–Trinajstić information content (AvgIpc) is 2.73. The minimum Gasteiger partial charge on any atom is -0.343 e. The van der Waals surface area contributed by atoms with Crippen LogP contribution in [0.2, 0.25) is 15.1 Å². The van der Waals surface area contributed by atoms with E-state index in [1.807, 2.05) is 6.92 Å². The maximum absolute atomic E-state index is 12.7. The molecule has 0 fully saturated rings. The number of rotatable bonds is 7. The molecule has 0 spiro atoms. The van der Waals surface area contributed by atoms with Gasteiger partial charge < -0.3 is 15.2 Å². The van der Waals surface area contributed by atoms with Crippen molar-refractivity contribution in [1.29, 1.82) is 0 Å². The maximum atomic E-state index is 12.7. The molecule has 31 heavy (non-hydrogen) atoms. The van der Waals surface area contributed by atoms with Crippen molar-refractivity contribution in [2.75, 3.05) is 13.1 Å².